The first-order valence-corrected chi connectivity index (χ1v) is 9.93. The van der Waals surface area contributed by atoms with Gasteiger partial charge in [-0.1, -0.05) is 31.0 Å². The zero-order valence-corrected chi connectivity index (χ0v) is 15.9. The largest absolute Gasteiger partial charge is 0.491 e. The van der Waals surface area contributed by atoms with Gasteiger partial charge in [-0.3, -0.25) is 4.79 Å². The predicted molar refractivity (Wildman–Crippen MR) is 106 cm³/mol. The van der Waals surface area contributed by atoms with Crippen molar-refractivity contribution in [1.29, 1.82) is 0 Å². The number of carbonyl (C=O) groups is 1. The van der Waals surface area contributed by atoms with Gasteiger partial charge in [0, 0.05) is 22.8 Å². The van der Waals surface area contributed by atoms with E-state index in [-0.39, 0.29) is 5.91 Å². The molecule has 1 aliphatic carbocycles. The van der Waals surface area contributed by atoms with Crippen LogP contribution in [-0.2, 0) is 4.74 Å². The highest BCUT2D eigenvalue weighted by atomic mass is 32.2. The third-order valence-corrected chi connectivity index (χ3v) is 5.80. The molecule has 0 radical (unpaired) electrons. The maximum absolute atomic E-state index is 12.7. The van der Waals surface area contributed by atoms with Gasteiger partial charge in [0.15, 0.2) is 0 Å². The lowest BCUT2D eigenvalue weighted by molar-refractivity contribution is 0.102. The normalized spacial score (nSPS) is 14.3. The molecule has 1 saturated carbocycles. The van der Waals surface area contributed by atoms with Crippen molar-refractivity contribution in [3.63, 3.8) is 0 Å². The number of carbonyl (C=O) groups excluding carboxylic acids is 1. The lowest BCUT2D eigenvalue weighted by Gasteiger charge is -2.14. The van der Waals surface area contributed by atoms with E-state index in [0.717, 1.165) is 10.6 Å². The number of para-hydroxylation sites is 1. The SMILES string of the molecule is COCCOc1cccc(C(=O)Nc2ccccc2SC2CCCC2)c1. The van der Waals surface area contributed by atoms with Crippen LogP contribution in [0.15, 0.2) is 53.4 Å². The molecule has 0 saturated heterocycles. The van der Waals surface area contributed by atoms with Crippen molar-refractivity contribution in [3.05, 3.63) is 54.1 Å². The average Bonchev–Trinajstić information content (AvgIpc) is 3.17. The third kappa shape index (κ3) is 5.26. The number of amides is 1. The number of benzene rings is 2. The second-order valence-electron chi connectivity index (χ2n) is 6.34. The summed E-state index contributed by atoms with van der Waals surface area (Å²) in [5.74, 6) is 0.546. The second-order valence-corrected chi connectivity index (χ2v) is 7.69. The molecule has 3 rings (SSSR count). The summed E-state index contributed by atoms with van der Waals surface area (Å²) in [7, 11) is 1.63. The van der Waals surface area contributed by atoms with Crippen molar-refractivity contribution < 1.29 is 14.3 Å². The zero-order chi connectivity index (χ0) is 18.2. The third-order valence-electron chi connectivity index (χ3n) is 4.38. The molecule has 4 nitrogen and oxygen atoms in total. The fourth-order valence-electron chi connectivity index (χ4n) is 3.02. The summed E-state index contributed by atoms with van der Waals surface area (Å²) in [6, 6.07) is 15.3. The van der Waals surface area contributed by atoms with E-state index >= 15 is 0 Å². The van der Waals surface area contributed by atoms with Crippen LogP contribution in [0.25, 0.3) is 0 Å². The number of hydrogen-bond donors (Lipinski definition) is 1. The van der Waals surface area contributed by atoms with Gasteiger partial charge in [-0.05, 0) is 43.2 Å². The Hall–Kier alpha value is -1.98. The summed E-state index contributed by atoms with van der Waals surface area (Å²) in [6.07, 6.45) is 5.13. The molecule has 0 atom stereocenters. The molecule has 0 aromatic heterocycles. The topological polar surface area (TPSA) is 47.6 Å². The first-order chi connectivity index (χ1) is 12.8. The van der Waals surface area contributed by atoms with Crippen molar-refractivity contribution in [2.24, 2.45) is 0 Å². The van der Waals surface area contributed by atoms with Gasteiger partial charge in [0.25, 0.3) is 5.91 Å². The van der Waals surface area contributed by atoms with Gasteiger partial charge < -0.3 is 14.8 Å². The molecule has 0 unspecified atom stereocenters. The molecular weight excluding hydrogens is 346 g/mol. The number of methoxy groups -OCH3 is 1. The second kappa shape index (κ2) is 9.64. The number of thioether (sulfide) groups is 1. The van der Waals surface area contributed by atoms with Gasteiger partial charge >= 0.3 is 0 Å². The van der Waals surface area contributed by atoms with E-state index in [1.165, 1.54) is 25.7 Å². The Labute approximate surface area is 159 Å². The van der Waals surface area contributed by atoms with E-state index < -0.39 is 0 Å². The molecule has 0 bridgehead atoms. The number of nitrogens with one attached hydrogen (secondary N) is 1. The molecular formula is C21H25NO3S. The molecule has 26 heavy (non-hydrogen) atoms. The molecule has 5 heteroatoms. The Morgan fingerprint density at radius 3 is 2.73 bits per heavy atom. The van der Waals surface area contributed by atoms with Crippen molar-refractivity contribution in [2.45, 2.75) is 35.8 Å². The van der Waals surface area contributed by atoms with E-state index in [0.29, 0.717) is 29.8 Å². The summed E-state index contributed by atoms with van der Waals surface area (Å²) in [6.45, 7) is 0.977. The van der Waals surface area contributed by atoms with E-state index in [1.54, 1.807) is 19.2 Å². The Morgan fingerprint density at radius 2 is 1.92 bits per heavy atom. The molecule has 1 N–H and O–H groups in total. The fraction of sp³-hybridized carbons (Fsp3) is 0.381. The highest BCUT2D eigenvalue weighted by Gasteiger charge is 2.18. The van der Waals surface area contributed by atoms with Crippen LogP contribution in [0.4, 0.5) is 5.69 Å². The molecule has 0 heterocycles. The summed E-state index contributed by atoms with van der Waals surface area (Å²) < 4.78 is 10.6. The maximum Gasteiger partial charge on any atom is 0.255 e. The van der Waals surface area contributed by atoms with Crippen LogP contribution in [0.3, 0.4) is 0 Å². The van der Waals surface area contributed by atoms with Crippen LogP contribution in [-0.4, -0.2) is 31.5 Å². The molecule has 2 aromatic rings. The van der Waals surface area contributed by atoms with Crippen LogP contribution in [0, 0.1) is 0 Å². The van der Waals surface area contributed by atoms with Gasteiger partial charge in [0.2, 0.25) is 0 Å². The van der Waals surface area contributed by atoms with Crippen LogP contribution in [0.1, 0.15) is 36.0 Å². The van der Waals surface area contributed by atoms with Gasteiger partial charge in [-0.25, -0.2) is 0 Å². The molecule has 1 amide bonds. The van der Waals surface area contributed by atoms with Crippen molar-refractivity contribution in [1.82, 2.24) is 0 Å². The lowest BCUT2D eigenvalue weighted by Crippen LogP contribution is -2.13. The lowest BCUT2D eigenvalue weighted by atomic mass is 10.2. The monoisotopic (exact) mass is 371 g/mol. The van der Waals surface area contributed by atoms with E-state index in [4.69, 9.17) is 9.47 Å². The number of rotatable bonds is 8. The van der Waals surface area contributed by atoms with Crippen molar-refractivity contribution >= 4 is 23.4 Å². The van der Waals surface area contributed by atoms with Gasteiger partial charge in [-0.2, -0.15) is 0 Å². The molecule has 138 valence electrons. The van der Waals surface area contributed by atoms with Crippen LogP contribution in [0.5, 0.6) is 5.75 Å². The van der Waals surface area contributed by atoms with Gasteiger partial charge in [0.1, 0.15) is 12.4 Å². The summed E-state index contributed by atoms with van der Waals surface area (Å²) >= 11 is 1.88. The minimum Gasteiger partial charge on any atom is -0.491 e. The van der Waals surface area contributed by atoms with E-state index in [1.807, 2.05) is 42.1 Å². The molecule has 1 aliphatic rings. The predicted octanol–water partition coefficient (Wildman–Crippen LogP) is 5.00. The Morgan fingerprint density at radius 1 is 1.12 bits per heavy atom. The smallest absolute Gasteiger partial charge is 0.255 e. The first-order valence-electron chi connectivity index (χ1n) is 9.05. The van der Waals surface area contributed by atoms with Crippen LogP contribution < -0.4 is 10.1 Å². The number of ether oxygens (including phenoxy) is 2. The van der Waals surface area contributed by atoms with Gasteiger partial charge in [-0.15, -0.1) is 11.8 Å². The van der Waals surface area contributed by atoms with Crippen LogP contribution in [0.2, 0.25) is 0 Å². The summed E-state index contributed by atoms with van der Waals surface area (Å²) in [5.41, 5.74) is 1.46. The van der Waals surface area contributed by atoms with E-state index in [2.05, 4.69) is 11.4 Å². The number of hydrogen-bond acceptors (Lipinski definition) is 4. The Balaban J connectivity index is 1.67. The average molecular weight is 372 g/mol. The minimum absolute atomic E-state index is 0.123. The summed E-state index contributed by atoms with van der Waals surface area (Å²) in [5, 5.41) is 3.71. The molecule has 2 aromatic carbocycles. The van der Waals surface area contributed by atoms with Gasteiger partial charge in [0.05, 0.1) is 12.3 Å². The highest BCUT2D eigenvalue weighted by molar-refractivity contribution is 8.00. The Bertz CT molecular complexity index is 729. The van der Waals surface area contributed by atoms with Crippen LogP contribution >= 0.6 is 11.8 Å². The minimum atomic E-state index is -0.123. The highest BCUT2D eigenvalue weighted by Crippen LogP contribution is 2.38. The van der Waals surface area contributed by atoms with E-state index in [9.17, 15) is 4.79 Å². The molecule has 0 spiro atoms. The molecule has 1 fully saturated rings. The fourth-order valence-corrected chi connectivity index (χ4v) is 4.35. The van der Waals surface area contributed by atoms with Crippen molar-refractivity contribution in [3.8, 4) is 5.75 Å². The number of anilines is 1. The maximum atomic E-state index is 12.7. The van der Waals surface area contributed by atoms with Crippen molar-refractivity contribution in [2.75, 3.05) is 25.6 Å². The summed E-state index contributed by atoms with van der Waals surface area (Å²) in [4.78, 5) is 13.8. The Kier molecular flexibility index (Phi) is 6.97. The standard InChI is InChI=1S/C21H25NO3S/c1-24-13-14-25-17-8-6-7-16(15-17)21(23)22-19-11-4-5-12-20(19)26-18-9-2-3-10-18/h4-8,11-12,15,18H,2-3,9-10,13-14H2,1H3,(H,22,23). The molecule has 0 aliphatic heterocycles. The quantitative estimate of drug-likeness (QED) is 0.664. The first kappa shape index (κ1) is 18.8. The zero-order valence-electron chi connectivity index (χ0n) is 15.1.